The minimum Gasteiger partial charge on any atom is -0.306 e. The summed E-state index contributed by atoms with van der Waals surface area (Å²) in [7, 11) is 2.27. The van der Waals surface area contributed by atoms with Crippen LogP contribution in [0.5, 0.6) is 0 Å². The van der Waals surface area contributed by atoms with E-state index in [0.29, 0.717) is 5.41 Å². The van der Waals surface area contributed by atoms with Gasteiger partial charge in [-0.1, -0.05) is 13.3 Å². The van der Waals surface area contributed by atoms with Crippen LogP contribution in [0.25, 0.3) is 0 Å². The quantitative estimate of drug-likeness (QED) is 0.746. The van der Waals surface area contributed by atoms with E-state index in [1.165, 1.54) is 64.7 Å². The topological polar surface area (TPSA) is 6.48 Å². The van der Waals surface area contributed by atoms with Crippen LogP contribution < -0.4 is 0 Å². The summed E-state index contributed by atoms with van der Waals surface area (Å²) >= 11 is 0. The van der Waals surface area contributed by atoms with Gasteiger partial charge >= 0.3 is 0 Å². The van der Waals surface area contributed by atoms with Crippen LogP contribution >= 0.6 is 0 Å². The molecular formula is C15H30N2. The summed E-state index contributed by atoms with van der Waals surface area (Å²) < 4.78 is 0. The Morgan fingerprint density at radius 1 is 1.12 bits per heavy atom. The first-order chi connectivity index (χ1) is 8.15. The molecule has 0 saturated carbocycles. The highest BCUT2D eigenvalue weighted by atomic mass is 15.2. The molecule has 1 atom stereocenters. The average Bonchev–Trinajstić information content (AvgIpc) is 2.34. The third-order valence-electron chi connectivity index (χ3n) is 5.07. The van der Waals surface area contributed by atoms with Gasteiger partial charge in [-0.2, -0.15) is 0 Å². The maximum atomic E-state index is 2.78. The molecule has 2 aliphatic heterocycles. The molecule has 0 aliphatic carbocycles. The molecule has 17 heavy (non-hydrogen) atoms. The fourth-order valence-corrected chi connectivity index (χ4v) is 3.72. The largest absolute Gasteiger partial charge is 0.306 e. The predicted octanol–water partition coefficient (Wildman–Crippen LogP) is 2.98. The smallest absolute Gasteiger partial charge is 0.00670 e. The van der Waals surface area contributed by atoms with Gasteiger partial charge in [0, 0.05) is 12.6 Å². The van der Waals surface area contributed by atoms with E-state index >= 15 is 0 Å². The fraction of sp³-hybridized carbons (Fsp3) is 1.00. The van der Waals surface area contributed by atoms with Crippen LogP contribution in [0.3, 0.4) is 0 Å². The Balaban J connectivity index is 1.92. The summed E-state index contributed by atoms with van der Waals surface area (Å²) in [6.45, 7) is 10.1. The molecule has 2 saturated heterocycles. The number of rotatable bonds is 3. The molecule has 0 N–H and O–H groups in total. The lowest BCUT2D eigenvalue weighted by atomic mass is 9.72. The Bertz CT molecular complexity index is 231. The molecule has 100 valence electrons. The predicted molar refractivity (Wildman–Crippen MR) is 74.3 cm³/mol. The van der Waals surface area contributed by atoms with Gasteiger partial charge in [0.25, 0.3) is 0 Å². The van der Waals surface area contributed by atoms with Gasteiger partial charge in [-0.15, -0.1) is 0 Å². The van der Waals surface area contributed by atoms with Crippen LogP contribution in [0.15, 0.2) is 0 Å². The second kappa shape index (κ2) is 5.71. The number of likely N-dealkylation sites (tertiary alicyclic amines) is 2. The second-order valence-corrected chi connectivity index (χ2v) is 6.52. The zero-order valence-corrected chi connectivity index (χ0v) is 12.0. The molecule has 1 spiro atoms. The molecule has 0 aromatic rings. The summed E-state index contributed by atoms with van der Waals surface area (Å²) in [5, 5.41) is 0. The molecule has 0 radical (unpaired) electrons. The molecule has 0 aromatic heterocycles. The third kappa shape index (κ3) is 3.23. The second-order valence-electron chi connectivity index (χ2n) is 6.52. The van der Waals surface area contributed by atoms with Gasteiger partial charge in [0.1, 0.15) is 0 Å². The first-order valence-electron chi connectivity index (χ1n) is 7.58. The van der Waals surface area contributed by atoms with E-state index in [1.54, 1.807) is 0 Å². The first-order valence-corrected chi connectivity index (χ1v) is 7.58. The van der Waals surface area contributed by atoms with E-state index in [4.69, 9.17) is 0 Å². The van der Waals surface area contributed by atoms with Gasteiger partial charge in [-0.3, -0.25) is 0 Å². The van der Waals surface area contributed by atoms with Crippen molar-refractivity contribution in [1.29, 1.82) is 0 Å². The maximum absolute atomic E-state index is 2.78. The molecule has 2 heterocycles. The van der Waals surface area contributed by atoms with E-state index < -0.39 is 0 Å². The highest BCUT2D eigenvalue weighted by Gasteiger charge is 2.38. The van der Waals surface area contributed by atoms with E-state index in [0.717, 1.165) is 6.04 Å². The van der Waals surface area contributed by atoms with Crippen LogP contribution in [-0.4, -0.2) is 49.1 Å². The average molecular weight is 238 g/mol. The van der Waals surface area contributed by atoms with E-state index in [2.05, 4.69) is 30.7 Å². The molecule has 2 aliphatic rings. The highest BCUT2D eigenvalue weighted by Crippen LogP contribution is 2.40. The number of nitrogens with zero attached hydrogens (tertiary/aromatic N) is 2. The van der Waals surface area contributed by atoms with E-state index in [9.17, 15) is 0 Å². The van der Waals surface area contributed by atoms with Crippen molar-refractivity contribution < 1.29 is 0 Å². The summed E-state index contributed by atoms with van der Waals surface area (Å²) in [5.74, 6) is 0. The van der Waals surface area contributed by atoms with Crippen molar-refractivity contribution >= 4 is 0 Å². The maximum Gasteiger partial charge on any atom is 0.00670 e. The van der Waals surface area contributed by atoms with Crippen molar-refractivity contribution in [2.75, 3.05) is 33.2 Å². The first kappa shape index (κ1) is 13.4. The van der Waals surface area contributed by atoms with Crippen LogP contribution in [0.2, 0.25) is 0 Å². The van der Waals surface area contributed by atoms with E-state index in [1.807, 2.05) is 0 Å². The van der Waals surface area contributed by atoms with Crippen molar-refractivity contribution in [1.82, 2.24) is 9.80 Å². The number of hydrogen-bond donors (Lipinski definition) is 0. The Morgan fingerprint density at radius 3 is 2.47 bits per heavy atom. The Hall–Kier alpha value is -0.0800. The molecule has 2 heteroatoms. The zero-order valence-electron chi connectivity index (χ0n) is 12.0. The molecule has 2 fully saturated rings. The zero-order chi connectivity index (χ0) is 12.3. The molecule has 2 nitrogen and oxygen atoms in total. The lowest BCUT2D eigenvalue weighted by Crippen LogP contribution is -2.51. The molecule has 2 rings (SSSR count). The van der Waals surface area contributed by atoms with Crippen molar-refractivity contribution in [3.8, 4) is 0 Å². The highest BCUT2D eigenvalue weighted by molar-refractivity contribution is 4.92. The molecular weight excluding hydrogens is 208 g/mol. The third-order valence-corrected chi connectivity index (χ3v) is 5.07. The van der Waals surface area contributed by atoms with Crippen LogP contribution in [-0.2, 0) is 0 Å². The van der Waals surface area contributed by atoms with Gasteiger partial charge in [-0.25, -0.2) is 0 Å². The van der Waals surface area contributed by atoms with Crippen molar-refractivity contribution in [2.45, 2.75) is 58.4 Å². The van der Waals surface area contributed by atoms with Crippen LogP contribution in [0.1, 0.15) is 52.4 Å². The Kier molecular flexibility index (Phi) is 4.48. The SMILES string of the molecule is CCCC(C)N1CCCC2(CCN(C)CC2)C1. The summed E-state index contributed by atoms with van der Waals surface area (Å²) in [6, 6.07) is 0.803. The van der Waals surface area contributed by atoms with Crippen molar-refractivity contribution in [2.24, 2.45) is 5.41 Å². The molecule has 1 unspecified atom stereocenters. The van der Waals surface area contributed by atoms with Crippen molar-refractivity contribution in [3.05, 3.63) is 0 Å². The van der Waals surface area contributed by atoms with Crippen LogP contribution in [0, 0.1) is 5.41 Å². The normalized spacial score (nSPS) is 28.4. The molecule has 0 bridgehead atoms. The lowest BCUT2D eigenvalue weighted by Gasteiger charge is -2.48. The van der Waals surface area contributed by atoms with Gasteiger partial charge in [0.2, 0.25) is 0 Å². The van der Waals surface area contributed by atoms with Crippen molar-refractivity contribution in [3.63, 3.8) is 0 Å². The minimum absolute atomic E-state index is 0.673. The number of piperidine rings is 2. The minimum atomic E-state index is 0.673. The van der Waals surface area contributed by atoms with Gasteiger partial charge in [0.05, 0.1) is 0 Å². The molecule has 0 aromatic carbocycles. The Labute approximate surface area is 107 Å². The van der Waals surface area contributed by atoms with E-state index in [-0.39, 0.29) is 0 Å². The standard InChI is InChI=1S/C15H30N2/c1-4-6-14(2)17-10-5-7-15(13-17)8-11-16(3)12-9-15/h14H,4-13H2,1-3H3. The summed E-state index contributed by atoms with van der Waals surface area (Å²) in [5.41, 5.74) is 0.673. The number of hydrogen-bond acceptors (Lipinski definition) is 2. The summed E-state index contributed by atoms with van der Waals surface area (Å²) in [4.78, 5) is 5.28. The Morgan fingerprint density at radius 2 is 1.82 bits per heavy atom. The molecule has 0 amide bonds. The van der Waals surface area contributed by atoms with Gasteiger partial charge in [-0.05, 0) is 71.1 Å². The van der Waals surface area contributed by atoms with Crippen LogP contribution in [0.4, 0.5) is 0 Å². The lowest BCUT2D eigenvalue weighted by molar-refractivity contribution is 0.0128. The monoisotopic (exact) mass is 238 g/mol. The fourth-order valence-electron chi connectivity index (χ4n) is 3.72. The van der Waals surface area contributed by atoms with Gasteiger partial charge in [0.15, 0.2) is 0 Å². The van der Waals surface area contributed by atoms with Gasteiger partial charge < -0.3 is 9.80 Å². The summed E-state index contributed by atoms with van der Waals surface area (Å²) in [6.07, 6.45) is 8.47.